The van der Waals surface area contributed by atoms with Crippen molar-refractivity contribution in [3.63, 3.8) is 0 Å². The average Bonchev–Trinajstić information content (AvgIpc) is 2.26. The molecule has 0 saturated carbocycles. The third-order valence-electron chi connectivity index (χ3n) is 3.55. The number of rotatable bonds is 2. The SMILES string of the molecule is COc1ccccc1C1C=C(C)CC(C)(C)C1. The van der Waals surface area contributed by atoms with E-state index in [9.17, 15) is 0 Å². The molecule has 1 heteroatoms. The maximum Gasteiger partial charge on any atom is 0.122 e. The van der Waals surface area contributed by atoms with Gasteiger partial charge in [-0.2, -0.15) is 0 Å². The van der Waals surface area contributed by atoms with Crippen molar-refractivity contribution in [2.24, 2.45) is 5.41 Å². The van der Waals surface area contributed by atoms with Gasteiger partial charge in [-0.05, 0) is 31.2 Å². The topological polar surface area (TPSA) is 9.23 Å². The van der Waals surface area contributed by atoms with E-state index in [1.807, 2.05) is 6.07 Å². The highest BCUT2D eigenvalue weighted by atomic mass is 16.5. The molecule has 1 aromatic rings. The Hall–Kier alpha value is -1.24. The second kappa shape index (κ2) is 4.56. The Morgan fingerprint density at radius 2 is 1.94 bits per heavy atom. The van der Waals surface area contributed by atoms with Crippen LogP contribution in [-0.4, -0.2) is 7.11 Å². The van der Waals surface area contributed by atoms with Crippen LogP contribution in [0.2, 0.25) is 0 Å². The maximum atomic E-state index is 5.47. The zero-order chi connectivity index (χ0) is 12.5. The summed E-state index contributed by atoms with van der Waals surface area (Å²) in [7, 11) is 1.75. The van der Waals surface area contributed by atoms with Gasteiger partial charge in [-0.1, -0.05) is 43.7 Å². The molecule has 0 N–H and O–H groups in total. The van der Waals surface area contributed by atoms with E-state index in [1.54, 1.807) is 7.11 Å². The quantitative estimate of drug-likeness (QED) is 0.677. The first-order valence-corrected chi connectivity index (χ1v) is 6.32. The second-order valence-corrected chi connectivity index (χ2v) is 5.91. The average molecular weight is 230 g/mol. The van der Waals surface area contributed by atoms with Crippen molar-refractivity contribution < 1.29 is 4.74 Å². The van der Waals surface area contributed by atoms with Crippen molar-refractivity contribution in [2.45, 2.75) is 39.5 Å². The molecule has 1 aromatic carbocycles. The molecule has 92 valence electrons. The Morgan fingerprint density at radius 3 is 2.59 bits per heavy atom. The molecule has 0 heterocycles. The normalized spacial score (nSPS) is 23.1. The van der Waals surface area contributed by atoms with Crippen molar-refractivity contribution in [2.75, 3.05) is 7.11 Å². The molecule has 1 atom stereocenters. The van der Waals surface area contributed by atoms with E-state index < -0.39 is 0 Å². The van der Waals surface area contributed by atoms with E-state index in [4.69, 9.17) is 4.74 Å². The van der Waals surface area contributed by atoms with Crippen LogP contribution in [0.5, 0.6) is 5.75 Å². The highest BCUT2D eigenvalue weighted by molar-refractivity contribution is 5.40. The van der Waals surface area contributed by atoms with Crippen molar-refractivity contribution >= 4 is 0 Å². The Labute approximate surface area is 104 Å². The largest absolute Gasteiger partial charge is 0.496 e. The molecule has 0 aromatic heterocycles. The van der Waals surface area contributed by atoms with Gasteiger partial charge >= 0.3 is 0 Å². The number of allylic oxidation sites excluding steroid dienone is 2. The van der Waals surface area contributed by atoms with Crippen LogP contribution in [-0.2, 0) is 0 Å². The Morgan fingerprint density at radius 1 is 1.24 bits per heavy atom. The summed E-state index contributed by atoms with van der Waals surface area (Å²) < 4.78 is 5.47. The molecule has 0 radical (unpaired) electrons. The van der Waals surface area contributed by atoms with Crippen LogP contribution in [0.1, 0.15) is 45.1 Å². The molecule has 0 amide bonds. The lowest BCUT2D eigenvalue weighted by Crippen LogP contribution is -2.20. The summed E-state index contributed by atoms with van der Waals surface area (Å²) >= 11 is 0. The summed E-state index contributed by atoms with van der Waals surface area (Å²) in [6, 6.07) is 8.38. The van der Waals surface area contributed by atoms with Crippen LogP contribution in [0.4, 0.5) is 0 Å². The predicted molar refractivity (Wildman–Crippen MR) is 72.5 cm³/mol. The van der Waals surface area contributed by atoms with Crippen LogP contribution in [0.15, 0.2) is 35.9 Å². The lowest BCUT2D eigenvalue weighted by molar-refractivity contribution is 0.298. The van der Waals surface area contributed by atoms with Gasteiger partial charge in [0.15, 0.2) is 0 Å². The van der Waals surface area contributed by atoms with Gasteiger partial charge in [0, 0.05) is 11.5 Å². The molecular formula is C16H22O. The van der Waals surface area contributed by atoms with Crippen molar-refractivity contribution in [3.05, 3.63) is 41.5 Å². The molecule has 2 rings (SSSR count). The van der Waals surface area contributed by atoms with E-state index in [2.05, 4.69) is 45.0 Å². The number of benzene rings is 1. The fraction of sp³-hybridized carbons (Fsp3) is 0.500. The zero-order valence-electron chi connectivity index (χ0n) is 11.3. The summed E-state index contributed by atoms with van der Waals surface area (Å²) in [5, 5.41) is 0. The van der Waals surface area contributed by atoms with E-state index in [-0.39, 0.29) is 0 Å². The zero-order valence-corrected chi connectivity index (χ0v) is 11.3. The number of hydrogen-bond donors (Lipinski definition) is 0. The minimum atomic E-state index is 0.393. The van der Waals surface area contributed by atoms with Crippen molar-refractivity contribution in [1.29, 1.82) is 0 Å². The first kappa shape index (κ1) is 12.2. The van der Waals surface area contributed by atoms with Gasteiger partial charge in [0.05, 0.1) is 7.11 Å². The molecule has 1 unspecified atom stereocenters. The van der Waals surface area contributed by atoms with E-state index >= 15 is 0 Å². The standard InChI is InChI=1S/C16H22O/c1-12-9-13(11-16(2,3)10-12)14-7-5-6-8-15(14)17-4/h5-9,13H,10-11H2,1-4H3. The highest BCUT2D eigenvalue weighted by Gasteiger charge is 2.29. The fourth-order valence-electron chi connectivity index (χ4n) is 3.06. The molecule has 0 aliphatic heterocycles. The number of hydrogen-bond acceptors (Lipinski definition) is 1. The highest BCUT2D eigenvalue weighted by Crippen LogP contribution is 2.44. The lowest BCUT2D eigenvalue weighted by Gasteiger charge is -2.34. The van der Waals surface area contributed by atoms with Crippen LogP contribution in [0.3, 0.4) is 0 Å². The van der Waals surface area contributed by atoms with Gasteiger partial charge in [0.1, 0.15) is 5.75 Å². The van der Waals surface area contributed by atoms with Crippen molar-refractivity contribution in [1.82, 2.24) is 0 Å². The van der Waals surface area contributed by atoms with Crippen LogP contribution < -0.4 is 4.74 Å². The van der Waals surface area contributed by atoms with Gasteiger partial charge in [-0.3, -0.25) is 0 Å². The molecule has 0 saturated heterocycles. The van der Waals surface area contributed by atoms with E-state index in [0.29, 0.717) is 11.3 Å². The van der Waals surface area contributed by atoms with Gasteiger partial charge in [-0.15, -0.1) is 0 Å². The molecule has 1 aliphatic rings. The molecule has 0 bridgehead atoms. The van der Waals surface area contributed by atoms with Gasteiger partial charge in [-0.25, -0.2) is 0 Å². The molecule has 1 nitrogen and oxygen atoms in total. The minimum absolute atomic E-state index is 0.393. The molecule has 0 fully saturated rings. The van der Waals surface area contributed by atoms with E-state index in [1.165, 1.54) is 24.0 Å². The lowest BCUT2D eigenvalue weighted by atomic mass is 9.71. The molecule has 1 aliphatic carbocycles. The third-order valence-corrected chi connectivity index (χ3v) is 3.55. The first-order chi connectivity index (χ1) is 8.02. The summed E-state index contributed by atoms with van der Waals surface area (Å²) in [6.07, 6.45) is 4.81. The monoisotopic (exact) mass is 230 g/mol. The predicted octanol–water partition coefficient (Wildman–Crippen LogP) is 4.55. The van der Waals surface area contributed by atoms with E-state index in [0.717, 1.165) is 5.75 Å². The van der Waals surface area contributed by atoms with Crippen molar-refractivity contribution in [3.8, 4) is 5.75 Å². The van der Waals surface area contributed by atoms with Crippen LogP contribution in [0, 0.1) is 5.41 Å². The van der Waals surface area contributed by atoms with Crippen LogP contribution >= 0.6 is 0 Å². The number of methoxy groups -OCH3 is 1. The molecular weight excluding hydrogens is 208 g/mol. The van der Waals surface area contributed by atoms with Gasteiger partial charge < -0.3 is 4.74 Å². The van der Waals surface area contributed by atoms with Gasteiger partial charge in [0.2, 0.25) is 0 Å². The molecule has 17 heavy (non-hydrogen) atoms. The summed E-state index contributed by atoms with van der Waals surface area (Å²) in [5.74, 6) is 1.51. The van der Waals surface area contributed by atoms with Crippen LogP contribution in [0.25, 0.3) is 0 Å². The molecule has 0 spiro atoms. The minimum Gasteiger partial charge on any atom is -0.496 e. The Balaban J connectivity index is 2.37. The Bertz CT molecular complexity index is 429. The second-order valence-electron chi connectivity index (χ2n) is 5.91. The summed E-state index contributed by atoms with van der Waals surface area (Å²) in [4.78, 5) is 0. The first-order valence-electron chi connectivity index (χ1n) is 6.32. The van der Waals surface area contributed by atoms with Gasteiger partial charge in [0.25, 0.3) is 0 Å². The third kappa shape index (κ3) is 2.71. The smallest absolute Gasteiger partial charge is 0.122 e. The maximum absolute atomic E-state index is 5.47. The number of para-hydroxylation sites is 1. The fourth-order valence-corrected chi connectivity index (χ4v) is 3.06. The summed E-state index contributed by atoms with van der Waals surface area (Å²) in [6.45, 7) is 6.95. The summed E-state index contributed by atoms with van der Waals surface area (Å²) in [5.41, 5.74) is 3.21. The Kier molecular flexibility index (Phi) is 3.28. The number of ether oxygens (including phenoxy) is 1.